The van der Waals surface area contributed by atoms with E-state index in [1.807, 2.05) is 78.9 Å². The average Bonchev–Trinajstić information content (AvgIpc) is 3.54. The van der Waals surface area contributed by atoms with E-state index in [-0.39, 0.29) is 11.9 Å². The number of para-hydroxylation sites is 1. The Hall–Kier alpha value is -4.82. The van der Waals surface area contributed by atoms with Crippen LogP contribution in [0.5, 0.6) is 0 Å². The minimum absolute atomic E-state index is 0.241. The number of carbonyl (C=O) groups excluding carboxylic acids is 2. The van der Waals surface area contributed by atoms with Crippen molar-refractivity contribution < 1.29 is 9.59 Å². The van der Waals surface area contributed by atoms with Gasteiger partial charge < -0.3 is 10.6 Å². The van der Waals surface area contributed by atoms with Gasteiger partial charge in [-0.2, -0.15) is 0 Å². The van der Waals surface area contributed by atoms with E-state index < -0.39 is 11.9 Å². The molecule has 1 atom stereocenters. The molecule has 6 rings (SSSR count). The molecule has 0 radical (unpaired) electrons. The molecule has 40 heavy (non-hydrogen) atoms. The summed E-state index contributed by atoms with van der Waals surface area (Å²) in [7, 11) is 0. The van der Waals surface area contributed by atoms with Crippen LogP contribution in [0.2, 0.25) is 0 Å². The molecule has 2 heterocycles. The summed E-state index contributed by atoms with van der Waals surface area (Å²) >= 11 is 1.65. The number of guanidine groups is 1. The molecule has 0 saturated heterocycles. The summed E-state index contributed by atoms with van der Waals surface area (Å²) in [6.07, 6.45) is 1.25. The quantitative estimate of drug-likeness (QED) is 0.233. The van der Waals surface area contributed by atoms with Crippen molar-refractivity contribution >= 4 is 50.1 Å². The Morgan fingerprint density at radius 1 is 0.825 bits per heavy atom. The second-order valence-electron chi connectivity index (χ2n) is 9.49. The summed E-state index contributed by atoms with van der Waals surface area (Å²) in [4.78, 5) is 37.2. The van der Waals surface area contributed by atoms with Gasteiger partial charge in [0, 0.05) is 24.2 Å². The highest BCUT2D eigenvalue weighted by Gasteiger charge is 2.39. The van der Waals surface area contributed by atoms with Crippen molar-refractivity contribution in [3.05, 3.63) is 126 Å². The highest BCUT2D eigenvalue weighted by atomic mass is 32.1. The van der Waals surface area contributed by atoms with E-state index in [1.54, 1.807) is 35.6 Å². The summed E-state index contributed by atoms with van der Waals surface area (Å²) in [6, 6.07) is 33.9. The highest BCUT2D eigenvalue weighted by Crippen LogP contribution is 2.25. The minimum Gasteiger partial charge on any atom is -0.361 e. The summed E-state index contributed by atoms with van der Waals surface area (Å²) in [5, 5.41) is 7.55. The summed E-state index contributed by atoms with van der Waals surface area (Å²) in [5.74, 6) is -0.493. The molecule has 1 aromatic heterocycles. The zero-order valence-electron chi connectivity index (χ0n) is 21.7. The number of anilines is 2. The van der Waals surface area contributed by atoms with Crippen molar-refractivity contribution in [3.8, 4) is 0 Å². The average molecular weight is 546 g/mol. The lowest BCUT2D eigenvalue weighted by molar-refractivity contribution is -0.125. The van der Waals surface area contributed by atoms with Gasteiger partial charge >= 0.3 is 0 Å². The number of amides is 2. The molecule has 0 aliphatic carbocycles. The van der Waals surface area contributed by atoms with Crippen LogP contribution in [0.1, 0.15) is 21.5 Å². The first-order chi connectivity index (χ1) is 19.6. The van der Waals surface area contributed by atoms with E-state index in [4.69, 9.17) is 0 Å². The Kier molecular flexibility index (Phi) is 7.32. The lowest BCUT2D eigenvalue weighted by Crippen LogP contribution is -2.43. The van der Waals surface area contributed by atoms with Crippen LogP contribution in [0, 0.1) is 0 Å². The van der Waals surface area contributed by atoms with Gasteiger partial charge in [0.25, 0.3) is 11.8 Å². The fourth-order valence-corrected chi connectivity index (χ4v) is 5.52. The summed E-state index contributed by atoms with van der Waals surface area (Å²) in [6.45, 7) is 0.758. The third kappa shape index (κ3) is 5.62. The first kappa shape index (κ1) is 25.5. The number of carbonyl (C=O) groups is 2. The summed E-state index contributed by atoms with van der Waals surface area (Å²) < 4.78 is 1.17. The maximum atomic E-state index is 13.4. The molecule has 0 bridgehead atoms. The van der Waals surface area contributed by atoms with Crippen molar-refractivity contribution in [2.24, 2.45) is 4.99 Å². The Balaban J connectivity index is 1.14. The number of imide groups is 1. The van der Waals surface area contributed by atoms with Crippen LogP contribution in [0.3, 0.4) is 0 Å². The van der Waals surface area contributed by atoms with Gasteiger partial charge in [-0.25, -0.2) is 14.9 Å². The van der Waals surface area contributed by atoms with Gasteiger partial charge in [0.05, 0.1) is 10.2 Å². The predicted molar refractivity (Wildman–Crippen MR) is 161 cm³/mol. The number of hydrogen-bond acceptors (Lipinski definition) is 7. The second kappa shape index (κ2) is 11.5. The monoisotopic (exact) mass is 545 g/mol. The molecule has 0 unspecified atom stereocenters. The molecule has 4 aromatic carbocycles. The number of thiazole rings is 1. The number of aromatic nitrogens is 1. The molecule has 5 aromatic rings. The molecule has 8 heteroatoms. The molecule has 198 valence electrons. The number of nitrogens with zero attached hydrogens (tertiary/aromatic N) is 3. The molecule has 1 aliphatic heterocycles. The number of nitrogens with one attached hydrogen (secondary N) is 2. The molecule has 7 nitrogen and oxygen atoms in total. The van der Waals surface area contributed by atoms with Crippen molar-refractivity contribution in [1.82, 2.24) is 9.88 Å². The molecule has 1 aliphatic rings. The molecular weight excluding hydrogens is 518 g/mol. The predicted octanol–water partition coefficient (Wildman–Crippen LogP) is 6.01. The smallest absolute Gasteiger partial charge is 0.267 e. The number of benzene rings is 4. The zero-order chi connectivity index (χ0) is 27.3. The van der Waals surface area contributed by atoms with E-state index in [0.717, 1.165) is 40.4 Å². The van der Waals surface area contributed by atoms with Crippen molar-refractivity contribution in [3.63, 3.8) is 0 Å². The largest absolute Gasteiger partial charge is 0.361 e. The molecular formula is C32H27N5O2S. The Bertz CT molecular complexity index is 1630. The Labute approximate surface area is 236 Å². The summed E-state index contributed by atoms with van der Waals surface area (Å²) in [5.41, 5.74) is 4.33. The van der Waals surface area contributed by atoms with Gasteiger partial charge in [0.1, 0.15) is 6.04 Å². The van der Waals surface area contributed by atoms with Crippen LogP contribution in [-0.4, -0.2) is 40.2 Å². The second-order valence-corrected chi connectivity index (χ2v) is 10.5. The molecule has 0 spiro atoms. The maximum absolute atomic E-state index is 13.4. The van der Waals surface area contributed by atoms with E-state index in [2.05, 4.69) is 26.7 Å². The zero-order valence-corrected chi connectivity index (χ0v) is 22.5. The van der Waals surface area contributed by atoms with Gasteiger partial charge in [-0.05, 0) is 53.9 Å². The van der Waals surface area contributed by atoms with Gasteiger partial charge in [0.15, 0.2) is 5.13 Å². The number of fused-ring (bicyclic) bond motifs is 1. The Morgan fingerprint density at radius 2 is 1.52 bits per heavy atom. The first-order valence-corrected chi connectivity index (χ1v) is 14.0. The van der Waals surface area contributed by atoms with Gasteiger partial charge in [-0.1, -0.05) is 84.1 Å². The topological polar surface area (TPSA) is 86.7 Å². The van der Waals surface area contributed by atoms with Crippen LogP contribution in [0.4, 0.5) is 10.8 Å². The SMILES string of the molecule is O=C(c1ccccc1)N1C(=O)[C@H](Cc2ccccc2)N=C1Nc1ccc(CCNc2nc3ccccc3s2)cc1. The Morgan fingerprint density at radius 3 is 2.27 bits per heavy atom. The fraction of sp³-hybridized carbons (Fsp3) is 0.125. The minimum atomic E-state index is -0.676. The van der Waals surface area contributed by atoms with Gasteiger partial charge in [-0.15, -0.1) is 0 Å². The number of aliphatic imine (C=N–C) groups is 1. The lowest BCUT2D eigenvalue weighted by Gasteiger charge is -2.18. The van der Waals surface area contributed by atoms with Crippen molar-refractivity contribution in [2.75, 3.05) is 17.2 Å². The van der Waals surface area contributed by atoms with E-state index in [0.29, 0.717) is 12.0 Å². The van der Waals surface area contributed by atoms with Gasteiger partial charge in [-0.3, -0.25) is 9.59 Å². The standard InChI is InChI=1S/C32H27N5O2S/c38-29(24-11-5-2-6-12-24)37-30(39)27(21-23-9-3-1-4-10-23)35-31(37)34-25-17-15-22(16-18-25)19-20-33-32-36-26-13-7-8-14-28(26)40-32/h1-18,27H,19-21H2,(H,33,36)(H,34,35)/t27-/m0/s1. The molecule has 0 saturated carbocycles. The third-order valence-corrected chi connectivity index (χ3v) is 7.68. The van der Waals surface area contributed by atoms with E-state index in [1.165, 1.54) is 9.60 Å². The molecule has 2 amide bonds. The maximum Gasteiger partial charge on any atom is 0.267 e. The number of rotatable bonds is 8. The fourth-order valence-electron chi connectivity index (χ4n) is 4.62. The van der Waals surface area contributed by atoms with Crippen LogP contribution in [-0.2, 0) is 17.6 Å². The van der Waals surface area contributed by atoms with Crippen LogP contribution >= 0.6 is 11.3 Å². The van der Waals surface area contributed by atoms with Crippen molar-refractivity contribution in [1.29, 1.82) is 0 Å². The van der Waals surface area contributed by atoms with Crippen LogP contribution < -0.4 is 10.6 Å². The van der Waals surface area contributed by atoms with E-state index in [9.17, 15) is 9.59 Å². The van der Waals surface area contributed by atoms with E-state index >= 15 is 0 Å². The molecule has 0 fully saturated rings. The van der Waals surface area contributed by atoms with Gasteiger partial charge in [0.2, 0.25) is 5.96 Å². The third-order valence-electron chi connectivity index (χ3n) is 6.68. The van der Waals surface area contributed by atoms with Crippen molar-refractivity contribution in [2.45, 2.75) is 18.9 Å². The highest BCUT2D eigenvalue weighted by molar-refractivity contribution is 7.22. The van der Waals surface area contributed by atoms with Crippen LogP contribution in [0.25, 0.3) is 10.2 Å². The molecule has 2 N–H and O–H groups in total. The lowest BCUT2D eigenvalue weighted by atomic mass is 10.1. The van der Waals surface area contributed by atoms with Crippen LogP contribution in [0.15, 0.2) is 114 Å². The first-order valence-electron chi connectivity index (χ1n) is 13.1. The normalized spacial score (nSPS) is 14.8. The number of hydrogen-bond donors (Lipinski definition) is 2.